The molecular formula is C23H28O4. The van der Waals surface area contributed by atoms with Gasteiger partial charge in [-0.2, -0.15) is 0 Å². The summed E-state index contributed by atoms with van der Waals surface area (Å²) in [6.07, 6.45) is 2.09. The first-order valence-electron chi connectivity index (χ1n) is 9.65. The maximum absolute atomic E-state index is 11.5. The van der Waals surface area contributed by atoms with Crippen molar-refractivity contribution in [1.82, 2.24) is 0 Å². The molecule has 0 aliphatic carbocycles. The summed E-state index contributed by atoms with van der Waals surface area (Å²) in [4.78, 5) is 11.5. The number of hydrogen-bond donors (Lipinski definition) is 0. The maximum Gasteiger partial charge on any atom is 0.303 e. The molecule has 1 fully saturated rings. The van der Waals surface area contributed by atoms with Gasteiger partial charge in [0.25, 0.3) is 0 Å². The fraction of sp³-hybridized carbons (Fsp3) is 0.435. The zero-order chi connectivity index (χ0) is 19.1. The third kappa shape index (κ3) is 5.91. The number of hydrogen-bond acceptors (Lipinski definition) is 4. The summed E-state index contributed by atoms with van der Waals surface area (Å²) >= 11 is 0. The van der Waals surface area contributed by atoms with Gasteiger partial charge < -0.3 is 14.2 Å². The van der Waals surface area contributed by atoms with Gasteiger partial charge in [0.2, 0.25) is 0 Å². The molecule has 1 saturated heterocycles. The minimum atomic E-state index is -0.264. The Balaban J connectivity index is 1.52. The van der Waals surface area contributed by atoms with Crippen molar-refractivity contribution in [3.8, 4) is 0 Å². The van der Waals surface area contributed by atoms with E-state index in [1.807, 2.05) is 36.4 Å². The van der Waals surface area contributed by atoms with Gasteiger partial charge in [-0.1, -0.05) is 67.6 Å². The van der Waals surface area contributed by atoms with Crippen LogP contribution < -0.4 is 0 Å². The van der Waals surface area contributed by atoms with Crippen LogP contribution >= 0.6 is 0 Å². The zero-order valence-electron chi connectivity index (χ0n) is 16.0. The predicted molar refractivity (Wildman–Crippen MR) is 104 cm³/mol. The Bertz CT molecular complexity index is 701. The van der Waals surface area contributed by atoms with E-state index in [0.29, 0.717) is 13.0 Å². The van der Waals surface area contributed by atoms with Crippen LogP contribution in [-0.4, -0.2) is 25.0 Å². The van der Waals surface area contributed by atoms with Gasteiger partial charge in [-0.15, -0.1) is 0 Å². The molecule has 3 rings (SSSR count). The highest BCUT2D eigenvalue weighted by atomic mass is 16.7. The van der Waals surface area contributed by atoms with Crippen LogP contribution in [0.1, 0.15) is 43.9 Å². The van der Waals surface area contributed by atoms with E-state index in [4.69, 9.17) is 14.2 Å². The summed E-state index contributed by atoms with van der Waals surface area (Å²) in [5.74, 6) is -0.0448. The van der Waals surface area contributed by atoms with Gasteiger partial charge in [0, 0.05) is 13.3 Å². The van der Waals surface area contributed by atoms with Crippen LogP contribution in [0.5, 0.6) is 0 Å². The Hall–Kier alpha value is -2.17. The highest BCUT2D eigenvalue weighted by Gasteiger charge is 2.32. The lowest BCUT2D eigenvalue weighted by Gasteiger charge is -2.24. The molecule has 2 aromatic rings. The molecule has 0 bridgehead atoms. The largest absolute Gasteiger partial charge is 0.458 e. The van der Waals surface area contributed by atoms with E-state index in [9.17, 15) is 4.79 Å². The lowest BCUT2D eigenvalue weighted by Crippen LogP contribution is -2.24. The average molecular weight is 368 g/mol. The van der Waals surface area contributed by atoms with E-state index in [1.165, 1.54) is 12.5 Å². The Kier molecular flexibility index (Phi) is 7.02. The fourth-order valence-corrected chi connectivity index (χ4v) is 3.46. The summed E-state index contributed by atoms with van der Waals surface area (Å²) in [5, 5.41) is 0. The van der Waals surface area contributed by atoms with Crippen molar-refractivity contribution in [1.29, 1.82) is 0 Å². The monoisotopic (exact) mass is 368 g/mol. The zero-order valence-corrected chi connectivity index (χ0v) is 16.0. The molecule has 4 unspecified atom stereocenters. The minimum Gasteiger partial charge on any atom is -0.458 e. The topological polar surface area (TPSA) is 44.8 Å². The number of aryl methyl sites for hydroxylation is 1. The van der Waals surface area contributed by atoms with E-state index in [2.05, 4.69) is 31.2 Å². The Labute approximate surface area is 161 Å². The smallest absolute Gasteiger partial charge is 0.303 e. The lowest BCUT2D eigenvalue weighted by atomic mass is 9.94. The number of esters is 1. The molecule has 1 aliphatic heterocycles. The first-order valence-corrected chi connectivity index (χ1v) is 9.65. The molecule has 0 amide bonds. The molecule has 0 N–H and O–H groups in total. The molecular weight excluding hydrogens is 340 g/mol. The third-order valence-electron chi connectivity index (χ3n) is 4.98. The van der Waals surface area contributed by atoms with Gasteiger partial charge in [0.05, 0.1) is 12.7 Å². The SMILES string of the molecule is CC(=O)OC(CC(C)C1COC(CCc2ccccc2)O1)c1ccccc1. The summed E-state index contributed by atoms with van der Waals surface area (Å²) < 4.78 is 17.5. The van der Waals surface area contributed by atoms with Gasteiger partial charge in [0.15, 0.2) is 6.29 Å². The molecule has 0 radical (unpaired) electrons. The highest BCUT2D eigenvalue weighted by Crippen LogP contribution is 2.31. The van der Waals surface area contributed by atoms with E-state index in [0.717, 1.165) is 18.4 Å². The predicted octanol–water partition coefficient (Wildman–Crippen LogP) is 4.69. The summed E-state index contributed by atoms with van der Waals surface area (Å²) in [7, 11) is 0. The van der Waals surface area contributed by atoms with E-state index in [1.54, 1.807) is 0 Å². The third-order valence-corrected chi connectivity index (χ3v) is 4.98. The molecule has 27 heavy (non-hydrogen) atoms. The molecule has 144 valence electrons. The number of benzene rings is 2. The van der Waals surface area contributed by atoms with Crippen molar-refractivity contribution < 1.29 is 19.0 Å². The quantitative estimate of drug-likeness (QED) is 0.634. The molecule has 1 heterocycles. The molecule has 0 spiro atoms. The molecule has 0 aromatic heterocycles. The van der Waals surface area contributed by atoms with Crippen molar-refractivity contribution in [2.24, 2.45) is 5.92 Å². The Morgan fingerprint density at radius 1 is 1.11 bits per heavy atom. The van der Waals surface area contributed by atoms with Gasteiger partial charge in [0.1, 0.15) is 6.10 Å². The van der Waals surface area contributed by atoms with Crippen molar-refractivity contribution in [3.05, 3.63) is 71.8 Å². The highest BCUT2D eigenvalue weighted by molar-refractivity contribution is 5.66. The maximum atomic E-state index is 11.5. The van der Waals surface area contributed by atoms with Crippen LogP contribution in [-0.2, 0) is 25.4 Å². The minimum absolute atomic E-state index is 0.0209. The van der Waals surface area contributed by atoms with Gasteiger partial charge >= 0.3 is 5.97 Å². The second kappa shape index (κ2) is 9.67. The van der Waals surface area contributed by atoms with E-state index >= 15 is 0 Å². The average Bonchev–Trinajstić information content (AvgIpc) is 3.16. The summed E-state index contributed by atoms with van der Waals surface area (Å²) in [6, 6.07) is 20.3. The van der Waals surface area contributed by atoms with Crippen molar-refractivity contribution in [3.63, 3.8) is 0 Å². The number of carbonyl (C=O) groups is 1. The van der Waals surface area contributed by atoms with Gasteiger partial charge in [-0.05, 0) is 29.9 Å². The Morgan fingerprint density at radius 2 is 1.78 bits per heavy atom. The van der Waals surface area contributed by atoms with Crippen LogP contribution in [0.2, 0.25) is 0 Å². The van der Waals surface area contributed by atoms with Crippen molar-refractivity contribution in [2.75, 3.05) is 6.61 Å². The van der Waals surface area contributed by atoms with E-state index < -0.39 is 0 Å². The number of rotatable bonds is 8. The molecule has 2 aromatic carbocycles. The van der Waals surface area contributed by atoms with Crippen molar-refractivity contribution >= 4 is 5.97 Å². The molecule has 4 atom stereocenters. The van der Waals surface area contributed by atoms with Gasteiger partial charge in [-0.3, -0.25) is 4.79 Å². The summed E-state index contributed by atoms with van der Waals surface area (Å²) in [5.41, 5.74) is 2.30. The van der Waals surface area contributed by atoms with Crippen molar-refractivity contribution in [2.45, 2.75) is 51.6 Å². The fourth-order valence-electron chi connectivity index (χ4n) is 3.46. The standard InChI is InChI=1S/C23H28O4/c1-17(15-21(26-18(2)24)20-11-7-4-8-12-20)22-16-25-23(27-22)14-13-19-9-5-3-6-10-19/h3-12,17,21-23H,13-16H2,1-2H3. The first-order chi connectivity index (χ1) is 13.1. The second-order valence-corrected chi connectivity index (χ2v) is 7.18. The number of ether oxygens (including phenoxy) is 3. The van der Waals surface area contributed by atoms with Crippen LogP contribution in [0.25, 0.3) is 0 Å². The Morgan fingerprint density at radius 3 is 2.44 bits per heavy atom. The van der Waals surface area contributed by atoms with Crippen LogP contribution in [0.3, 0.4) is 0 Å². The normalized spacial score (nSPS) is 21.6. The molecule has 4 nitrogen and oxygen atoms in total. The lowest BCUT2D eigenvalue weighted by molar-refractivity contribution is -0.148. The van der Waals surface area contributed by atoms with Crippen LogP contribution in [0.4, 0.5) is 0 Å². The first kappa shape index (κ1) is 19.6. The van der Waals surface area contributed by atoms with E-state index in [-0.39, 0.29) is 30.4 Å². The molecule has 4 heteroatoms. The molecule has 0 saturated carbocycles. The van der Waals surface area contributed by atoms with Crippen LogP contribution in [0.15, 0.2) is 60.7 Å². The second-order valence-electron chi connectivity index (χ2n) is 7.18. The number of carbonyl (C=O) groups excluding carboxylic acids is 1. The van der Waals surface area contributed by atoms with Gasteiger partial charge in [-0.25, -0.2) is 0 Å². The molecule has 1 aliphatic rings. The van der Waals surface area contributed by atoms with Crippen LogP contribution in [0, 0.1) is 5.92 Å². The summed E-state index contributed by atoms with van der Waals surface area (Å²) in [6.45, 7) is 4.17.